The van der Waals surface area contributed by atoms with Crippen LogP contribution in [0.2, 0.25) is 0 Å². The molecule has 0 aromatic heterocycles. The molecular formula is C26H36O2. The van der Waals surface area contributed by atoms with Gasteiger partial charge < -0.3 is 9.47 Å². The Morgan fingerprint density at radius 1 is 0.607 bits per heavy atom. The van der Waals surface area contributed by atoms with Crippen LogP contribution in [0, 0.1) is 11.8 Å². The van der Waals surface area contributed by atoms with Crippen LogP contribution in [0.1, 0.15) is 64.5 Å². The van der Waals surface area contributed by atoms with E-state index in [0.717, 1.165) is 49.4 Å². The highest BCUT2D eigenvalue weighted by molar-refractivity contribution is 5.70. The third kappa shape index (κ3) is 9.12. The minimum Gasteiger partial charge on any atom is -0.494 e. The Hall–Kier alpha value is -2.22. The average Bonchev–Trinajstić information content (AvgIpc) is 2.68. The molecule has 2 rings (SSSR count). The van der Waals surface area contributed by atoms with E-state index in [9.17, 15) is 0 Å². The topological polar surface area (TPSA) is 18.5 Å². The van der Waals surface area contributed by atoms with Crippen LogP contribution in [0.4, 0.5) is 0 Å². The molecule has 0 saturated carbocycles. The molecule has 0 atom stereocenters. The van der Waals surface area contributed by atoms with Crippen LogP contribution in [-0.4, -0.2) is 13.2 Å². The van der Waals surface area contributed by atoms with Gasteiger partial charge in [-0.2, -0.15) is 0 Å². The van der Waals surface area contributed by atoms with Crippen LogP contribution in [0.25, 0.3) is 12.2 Å². The van der Waals surface area contributed by atoms with Crippen molar-refractivity contribution in [1.29, 1.82) is 0 Å². The minimum absolute atomic E-state index is 0.738. The molecule has 0 spiro atoms. The fourth-order valence-electron chi connectivity index (χ4n) is 2.91. The zero-order valence-electron chi connectivity index (χ0n) is 18.0. The maximum Gasteiger partial charge on any atom is 0.119 e. The Kier molecular flexibility index (Phi) is 9.68. The Labute approximate surface area is 171 Å². The van der Waals surface area contributed by atoms with Crippen molar-refractivity contribution in [3.8, 4) is 11.5 Å². The summed E-state index contributed by atoms with van der Waals surface area (Å²) < 4.78 is 11.6. The van der Waals surface area contributed by atoms with Crippen LogP contribution in [-0.2, 0) is 0 Å². The van der Waals surface area contributed by atoms with E-state index >= 15 is 0 Å². The van der Waals surface area contributed by atoms with Gasteiger partial charge >= 0.3 is 0 Å². The highest BCUT2D eigenvalue weighted by Gasteiger charge is 1.98. The molecule has 0 bridgehead atoms. The normalized spacial score (nSPS) is 11.5. The van der Waals surface area contributed by atoms with Gasteiger partial charge in [0.1, 0.15) is 11.5 Å². The van der Waals surface area contributed by atoms with Gasteiger partial charge in [-0.1, -0.05) is 64.1 Å². The third-order valence-corrected chi connectivity index (χ3v) is 4.62. The fraction of sp³-hybridized carbons (Fsp3) is 0.462. The van der Waals surface area contributed by atoms with Crippen LogP contribution in [0.5, 0.6) is 11.5 Å². The van der Waals surface area contributed by atoms with Gasteiger partial charge in [0.15, 0.2) is 0 Å². The molecule has 0 aliphatic rings. The average molecular weight is 381 g/mol. The second-order valence-corrected chi connectivity index (χ2v) is 8.24. The van der Waals surface area contributed by atoms with E-state index in [-0.39, 0.29) is 0 Å². The standard InChI is InChI=1S/C26H36O2/c1-21(2)7-5-19-27-25-15-11-23(12-16-25)9-10-24-13-17-26(18-14-24)28-20-6-8-22(3)4/h9-18,21-22H,5-8,19-20H2,1-4H3/b10-9+. The van der Waals surface area contributed by atoms with Gasteiger partial charge in [-0.15, -0.1) is 0 Å². The lowest BCUT2D eigenvalue weighted by molar-refractivity contribution is 0.297. The SMILES string of the molecule is CC(C)CCCOc1ccc(/C=C/c2ccc(OCCCC(C)C)cc2)cc1. The molecule has 28 heavy (non-hydrogen) atoms. The lowest BCUT2D eigenvalue weighted by Gasteiger charge is -2.08. The summed E-state index contributed by atoms with van der Waals surface area (Å²) in [7, 11) is 0. The van der Waals surface area contributed by atoms with E-state index in [1.165, 1.54) is 24.0 Å². The molecule has 2 aromatic carbocycles. The maximum absolute atomic E-state index is 5.80. The largest absolute Gasteiger partial charge is 0.494 e. The molecule has 0 fully saturated rings. The molecule has 152 valence electrons. The number of hydrogen-bond acceptors (Lipinski definition) is 2. The molecule has 0 radical (unpaired) electrons. The van der Waals surface area contributed by atoms with E-state index in [2.05, 4.69) is 64.1 Å². The first-order valence-corrected chi connectivity index (χ1v) is 10.7. The second kappa shape index (κ2) is 12.3. The summed E-state index contributed by atoms with van der Waals surface area (Å²) in [6.45, 7) is 10.6. The first-order chi connectivity index (χ1) is 13.5. The van der Waals surface area contributed by atoms with Gasteiger partial charge in [0.05, 0.1) is 13.2 Å². The Morgan fingerprint density at radius 2 is 0.964 bits per heavy atom. The molecular weight excluding hydrogens is 344 g/mol. The van der Waals surface area contributed by atoms with E-state index in [1.807, 2.05) is 24.3 Å². The predicted molar refractivity (Wildman–Crippen MR) is 121 cm³/mol. The summed E-state index contributed by atoms with van der Waals surface area (Å²) in [5, 5.41) is 0. The number of rotatable bonds is 12. The molecule has 0 N–H and O–H groups in total. The first kappa shape index (κ1) is 22.1. The molecule has 0 aliphatic heterocycles. The predicted octanol–water partition coefficient (Wildman–Crippen LogP) is 7.49. The summed E-state index contributed by atoms with van der Waals surface area (Å²) in [4.78, 5) is 0. The van der Waals surface area contributed by atoms with Crippen LogP contribution >= 0.6 is 0 Å². The van der Waals surface area contributed by atoms with Gasteiger partial charge in [-0.3, -0.25) is 0 Å². The summed E-state index contributed by atoms with van der Waals surface area (Å²) in [6, 6.07) is 16.6. The van der Waals surface area contributed by atoms with Crippen molar-refractivity contribution in [1.82, 2.24) is 0 Å². The zero-order valence-corrected chi connectivity index (χ0v) is 18.0. The van der Waals surface area contributed by atoms with E-state index in [4.69, 9.17) is 9.47 Å². The number of benzene rings is 2. The van der Waals surface area contributed by atoms with Crippen molar-refractivity contribution in [2.45, 2.75) is 53.4 Å². The van der Waals surface area contributed by atoms with Crippen molar-refractivity contribution in [3.63, 3.8) is 0 Å². The molecule has 2 heteroatoms. The van der Waals surface area contributed by atoms with Crippen LogP contribution in [0.15, 0.2) is 48.5 Å². The fourth-order valence-corrected chi connectivity index (χ4v) is 2.91. The molecule has 0 amide bonds. The van der Waals surface area contributed by atoms with Crippen molar-refractivity contribution in [2.24, 2.45) is 11.8 Å². The van der Waals surface area contributed by atoms with Crippen molar-refractivity contribution in [3.05, 3.63) is 59.7 Å². The van der Waals surface area contributed by atoms with E-state index < -0.39 is 0 Å². The highest BCUT2D eigenvalue weighted by Crippen LogP contribution is 2.18. The Bertz CT molecular complexity index is 620. The summed E-state index contributed by atoms with van der Waals surface area (Å²) in [5.41, 5.74) is 2.34. The monoisotopic (exact) mass is 380 g/mol. The van der Waals surface area contributed by atoms with Crippen molar-refractivity contribution in [2.75, 3.05) is 13.2 Å². The van der Waals surface area contributed by atoms with E-state index in [0.29, 0.717) is 0 Å². The minimum atomic E-state index is 0.738. The van der Waals surface area contributed by atoms with Gasteiger partial charge in [-0.25, -0.2) is 0 Å². The smallest absolute Gasteiger partial charge is 0.119 e. The molecule has 0 heterocycles. The van der Waals surface area contributed by atoms with Gasteiger partial charge in [0, 0.05) is 0 Å². The van der Waals surface area contributed by atoms with Crippen LogP contribution in [0.3, 0.4) is 0 Å². The lowest BCUT2D eigenvalue weighted by atomic mass is 10.1. The summed E-state index contributed by atoms with van der Waals surface area (Å²) in [5.74, 6) is 3.36. The van der Waals surface area contributed by atoms with E-state index in [1.54, 1.807) is 0 Å². The Balaban J connectivity index is 1.76. The second-order valence-electron chi connectivity index (χ2n) is 8.24. The molecule has 2 nitrogen and oxygen atoms in total. The quantitative estimate of drug-likeness (QED) is 0.280. The highest BCUT2D eigenvalue weighted by atomic mass is 16.5. The summed E-state index contributed by atoms with van der Waals surface area (Å²) in [6.07, 6.45) is 8.89. The molecule has 2 aromatic rings. The zero-order chi connectivity index (χ0) is 20.2. The maximum atomic E-state index is 5.80. The molecule has 0 saturated heterocycles. The van der Waals surface area contributed by atoms with Gasteiger partial charge in [-0.05, 0) is 72.9 Å². The molecule has 0 aliphatic carbocycles. The lowest BCUT2D eigenvalue weighted by Crippen LogP contribution is -1.99. The first-order valence-electron chi connectivity index (χ1n) is 10.7. The van der Waals surface area contributed by atoms with Gasteiger partial charge in [0.2, 0.25) is 0 Å². The number of hydrogen-bond donors (Lipinski definition) is 0. The third-order valence-electron chi connectivity index (χ3n) is 4.62. The Morgan fingerprint density at radius 3 is 1.29 bits per heavy atom. The van der Waals surface area contributed by atoms with Gasteiger partial charge in [0.25, 0.3) is 0 Å². The van der Waals surface area contributed by atoms with Crippen molar-refractivity contribution < 1.29 is 9.47 Å². The molecule has 0 unspecified atom stereocenters. The summed E-state index contributed by atoms with van der Waals surface area (Å²) >= 11 is 0. The van der Waals surface area contributed by atoms with Crippen LogP contribution < -0.4 is 9.47 Å². The number of ether oxygens (including phenoxy) is 2. The van der Waals surface area contributed by atoms with Crippen molar-refractivity contribution >= 4 is 12.2 Å².